The first-order chi connectivity index (χ1) is 6.22. The van der Waals surface area contributed by atoms with E-state index in [1.165, 1.54) is 0 Å². The molecule has 0 aromatic carbocycles. The maximum absolute atomic E-state index is 10.8. The molecular weight excluding hydrogens is 166 g/mol. The van der Waals surface area contributed by atoms with Gasteiger partial charge < -0.3 is 5.32 Å². The first kappa shape index (κ1) is 9.33. The molecule has 68 valence electrons. The molecule has 0 radical (unpaired) electrons. The van der Waals surface area contributed by atoms with E-state index in [4.69, 9.17) is 6.42 Å². The van der Waals surface area contributed by atoms with Gasteiger partial charge in [0.1, 0.15) is 0 Å². The fraction of sp³-hybridized carbons (Fsp3) is 0.333. The van der Waals surface area contributed by atoms with Crippen molar-refractivity contribution in [2.75, 3.05) is 0 Å². The van der Waals surface area contributed by atoms with E-state index in [-0.39, 0.29) is 11.9 Å². The van der Waals surface area contributed by atoms with Crippen LogP contribution >= 0.6 is 0 Å². The normalized spacial score (nSPS) is 11.7. The van der Waals surface area contributed by atoms with Crippen LogP contribution in [0.1, 0.15) is 6.92 Å². The Kier molecular flexibility index (Phi) is 3.09. The summed E-state index contributed by atoms with van der Waals surface area (Å²) in [7, 11) is 0. The summed E-state index contributed by atoms with van der Waals surface area (Å²) in [6, 6.07) is 1.82. The molecule has 1 heterocycles. The Bertz CT molecular complexity index is 310. The smallest absolute Gasteiger partial charge is 0.295 e. The van der Waals surface area contributed by atoms with Crippen molar-refractivity contribution >= 4 is 5.91 Å². The number of aromatic nitrogens is 2. The van der Waals surface area contributed by atoms with Crippen LogP contribution in [0.15, 0.2) is 18.5 Å². The lowest BCUT2D eigenvalue weighted by atomic mass is 10.3. The third kappa shape index (κ3) is 2.99. The highest BCUT2D eigenvalue weighted by Crippen LogP contribution is 1.89. The lowest BCUT2D eigenvalue weighted by Gasteiger charge is -2.11. The summed E-state index contributed by atoms with van der Waals surface area (Å²) in [6.45, 7) is 2.50. The Morgan fingerprint density at radius 1 is 1.85 bits per heavy atom. The summed E-state index contributed by atoms with van der Waals surface area (Å²) in [4.78, 5) is 10.8. The quantitative estimate of drug-likeness (QED) is 0.662. The summed E-state index contributed by atoms with van der Waals surface area (Å²) in [5, 5.41) is 6.63. The number of terminal acetylenes is 1. The lowest BCUT2D eigenvalue weighted by molar-refractivity contribution is -0.116. The van der Waals surface area contributed by atoms with E-state index in [2.05, 4.69) is 10.4 Å². The number of carbonyl (C=O) groups is 1. The van der Waals surface area contributed by atoms with E-state index in [0.717, 1.165) is 0 Å². The summed E-state index contributed by atoms with van der Waals surface area (Å²) in [5.41, 5.74) is 0. The number of nitrogens with zero attached hydrogens (tertiary/aromatic N) is 2. The van der Waals surface area contributed by atoms with Gasteiger partial charge in [-0.2, -0.15) is 5.10 Å². The highest BCUT2D eigenvalue weighted by molar-refractivity contribution is 5.92. The van der Waals surface area contributed by atoms with Gasteiger partial charge in [0.2, 0.25) is 0 Å². The molecule has 0 aliphatic carbocycles. The molecule has 1 aromatic rings. The van der Waals surface area contributed by atoms with Crippen molar-refractivity contribution in [2.45, 2.75) is 19.5 Å². The van der Waals surface area contributed by atoms with Crippen LogP contribution in [0.4, 0.5) is 0 Å². The molecule has 13 heavy (non-hydrogen) atoms. The summed E-state index contributed by atoms with van der Waals surface area (Å²) in [5.74, 6) is 1.61. The van der Waals surface area contributed by atoms with Gasteiger partial charge in [-0.1, -0.05) is 0 Å². The van der Waals surface area contributed by atoms with Crippen molar-refractivity contribution in [1.29, 1.82) is 0 Å². The second-order valence-corrected chi connectivity index (χ2v) is 2.75. The van der Waals surface area contributed by atoms with Gasteiger partial charge in [-0.05, 0) is 18.9 Å². The predicted octanol–water partition coefficient (Wildman–Crippen LogP) is 0.0210. The zero-order valence-electron chi connectivity index (χ0n) is 7.40. The van der Waals surface area contributed by atoms with Crippen LogP contribution < -0.4 is 5.32 Å². The van der Waals surface area contributed by atoms with Gasteiger partial charge in [0.25, 0.3) is 5.91 Å². The molecule has 4 heteroatoms. The molecule has 0 aliphatic rings. The Hall–Kier alpha value is -1.76. The molecule has 1 atom stereocenters. The van der Waals surface area contributed by atoms with E-state index in [1.54, 1.807) is 10.9 Å². The van der Waals surface area contributed by atoms with Crippen LogP contribution in [0.2, 0.25) is 0 Å². The second kappa shape index (κ2) is 4.31. The van der Waals surface area contributed by atoms with Gasteiger partial charge in [0, 0.05) is 18.4 Å². The number of nitrogens with one attached hydrogen (secondary N) is 1. The Morgan fingerprint density at radius 2 is 2.62 bits per heavy atom. The van der Waals surface area contributed by atoms with Crippen molar-refractivity contribution in [2.24, 2.45) is 0 Å². The van der Waals surface area contributed by atoms with Crippen molar-refractivity contribution < 1.29 is 4.79 Å². The molecule has 1 unspecified atom stereocenters. The minimum atomic E-state index is -0.389. The zero-order chi connectivity index (χ0) is 9.68. The summed E-state index contributed by atoms with van der Waals surface area (Å²) < 4.78 is 1.74. The van der Waals surface area contributed by atoms with Gasteiger partial charge in [0.05, 0.1) is 6.54 Å². The highest BCUT2D eigenvalue weighted by Gasteiger charge is 2.04. The van der Waals surface area contributed by atoms with Crippen molar-refractivity contribution in [3.8, 4) is 12.3 Å². The Labute approximate surface area is 76.9 Å². The van der Waals surface area contributed by atoms with Gasteiger partial charge >= 0.3 is 0 Å². The maximum Gasteiger partial charge on any atom is 0.295 e. The average molecular weight is 177 g/mol. The van der Waals surface area contributed by atoms with E-state index in [0.29, 0.717) is 6.54 Å². The summed E-state index contributed by atoms with van der Waals surface area (Å²) in [6.07, 6.45) is 8.43. The molecule has 0 aliphatic heterocycles. The number of rotatable bonds is 3. The number of carbonyl (C=O) groups excluding carboxylic acids is 1. The minimum absolute atomic E-state index is 0.0107. The first-order valence-corrected chi connectivity index (χ1v) is 3.97. The van der Waals surface area contributed by atoms with Crippen LogP contribution in [-0.4, -0.2) is 21.7 Å². The highest BCUT2D eigenvalue weighted by atomic mass is 16.1. The molecule has 4 nitrogen and oxygen atoms in total. The first-order valence-electron chi connectivity index (χ1n) is 3.97. The molecular formula is C9H11N3O. The van der Waals surface area contributed by atoms with E-state index >= 15 is 0 Å². The largest absolute Gasteiger partial charge is 0.341 e. The molecule has 1 amide bonds. The van der Waals surface area contributed by atoms with Crippen molar-refractivity contribution in [3.05, 3.63) is 18.5 Å². The van der Waals surface area contributed by atoms with Crippen molar-refractivity contribution in [3.63, 3.8) is 0 Å². The molecule has 1 N–H and O–H groups in total. The van der Waals surface area contributed by atoms with E-state index in [1.807, 2.05) is 25.1 Å². The van der Waals surface area contributed by atoms with Crippen LogP contribution in [0, 0.1) is 12.3 Å². The molecule has 0 spiro atoms. The fourth-order valence-corrected chi connectivity index (χ4v) is 1.00. The lowest BCUT2D eigenvalue weighted by Crippen LogP contribution is -2.34. The van der Waals surface area contributed by atoms with Crippen LogP contribution in [0.3, 0.4) is 0 Å². The monoisotopic (exact) mass is 177 g/mol. The number of amides is 1. The van der Waals surface area contributed by atoms with Crippen molar-refractivity contribution in [1.82, 2.24) is 15.1 Å². The van der Waals surface area contributed by atoms with Gasteiger partial charge in [0.15, 0.2) is 0 Å². The van der Waals surface area contributed by atoms with Crippen LogP contribution in [-0.2, 0) is 11.3 Å². The second-order valence-electron chi connectivity index (χ2n) is 2.75. The van der Waals surface area contributed by atoms with Gasteiger partial charge in [-0.15, -0.1) is 6.42 Å². The Balaban J connectivity index is 2.39. The third-order valence-corrected chi connectivity index (χ3v) is 1.53. The maximum atomic E-state index is 10.8. The zero-order valence-corrected chi connectivity index (χ0v) is 7.40. The van der Waals surface area contributed by atoms with E-state index < -0.39 is 0 Å². The third-order valence-electron chi connectivity index (χ3n) is 1.53. The standard InChI is InChI=1S/C9H11N3O/c1-3-9(13)11-8(2)7-12-6-4-5-10-12/h1,4-6,8H,7H2,2H3,(H,11,13). The van der Waals surface area contributed by atoms with E-state index in [9.17, 15) is 4.79 Å². The summed E-state index contributed by atoms with van der Waals surface area (Å²) >= 11 is 0. The SMILES string of the molecule is C#CC(=O)NC(C)Cn1cccn1. The Morgan fingerprint density at radius 3 is 3.15 bits per heavy atom. The molecule has 0 fully saturated rings. The number of hydrogen-bond donors (Lipinski definition) is 1. The molecule has 1 rings (SSSR count). The molecule has 0 saturated carbocycles. The predicted molar refractivity (Wildman–Crippen MR) is 48.7 cm³/mol. The molecule has 1 aromatic heterocycles. The molecule has 0 bridgehead atoms. The average Bonchev–Trinajstić information content (AvgIpc) is 2.56. The van der Waals surface area contributed by atoms with Crippen LogP contribution in [0.5, 0.6) is 0 Å². The minimum Gasteiger partial charge on any atom is -0.341 e. The van der Waals surface area contributed by atoms with Crippen LogP contribution in [0.25, 0.3) is 0 Å². The number of hydrogen-bond acceptors (Lipinski definition) is 2. The molecule has 0 saturated heterocycles. The topological polar surface area (TPSA) is 46.9 Å². The fourth-order valence-electron chi connectivity index (χ4n) is 1.00. The van der Waals surface area contributed by atoms with Gasteiger partial charge in [-0.3, -0.25) is 9.48 Å². The van der Waals surface area contributed by atoms with Gasteiger partial charge in [-0.25, -0.2) is 0 Å².